The van der Waals surface area contributed by atoms with Crippen molar-refractivity contribution in [3.05, 3.63) is 29.8 Å². The van der Waals surface area contributed by atoms with Crippen molar-refractivity contribution in [1.82, 2.24) is 5.32 Å². The summed E-state index contributed by atoms with van der Waals surface area (Å²) in [5, 5.41) is 12.6. The zero-order valence-corrected chi connectivity index (χ0v) is 9.65. The highest BCUT2D eigenvalue weighted by atomic mass is 16.5. The Bertz CT molecular complexity index is 323. The molecule has 0 amide bonds. The van der Waals surface area contributed by atoms with Gasteiger partial charge in [0, 0.05) is 31.5 Å². The topological polar surface area (TPSA) is 41.5 Å². The summed E-state index contributed by atoms with van der Waals surface area (Å²) < 4.78 is 5.41. The van der Waals surface area contributed by atoms with Crippen molar-refractivity contribution in [3.8, 4) is 5.75 Å². The van der Waals surface area contributed by atoms with E-state index in [4.69, 9.17) is 4.74 Å². The molecular formula is C13H19NO2. The maximum atomic E-state index is 9.27. The van der Waals surface area contributed by atoms with Gasteiger partial charge in [-0.2, -0.15) is 0 Å². The predicted octanol–water partition coefficient (Wildman–Crippen LogP) is 1.38. The van der Waals surface area contributed by atoms with Gasteiger partial charge in [0.2, 0.25) is 0 Å². The van der Waals surface area contributed by atoms with Crippen molar-refractivity contribution in [2.24, 2.45) is 5.92 Å². The molecule has 2 rings (SSSR count). The standard InChI is InChI=1S/C13H19NO2/c1-2-16-12-5-3-10(4-6-12)13-8-14-7-11(13)9-15/h3-6,11,13-15H,2,7-9H2,1H3. The maximum Gasteiger partial charge on any atom is 0.119 e. The fourth-order valence-corrected chi connectivity index (χ4v) is 2.29. The Kier molecular flexibility index (Phi) is 3.80. The summed E-state index contributed by atoms with van der Waals surface area (Å²) in [6.07, 6.45) is 0. The minimum absolute atomic E-state index is 0.255. The number of nitrogens with one attached hydrogen (secondary N) is 1. The lowest BCUT2D eigenvalue weighted by molar-refractivity contribution is 0.226. The van der Waals surface area contributed by atoms with Gasteiger partial charge < -0.3 is 15.2 Å². The highest BCUT2D eigenvalue weighted by Crippen LogP contribution is 2.28. The molecule has 2 unspecified atom stereocenters. The van der Waals surface area contributed by atoms with Gasteiger partial charge in [0.05, 0.1) is 6.61 Å². The van der Waals surface area contributed by atoms with E-state index in [1.807, 2.05) is 19.1 Å². The summed E-state index contributed by atoms with van der Waals surface area (Å²) in [6.45, 7) is 4.80. The van der Waals surface area contributed by atoms with Gasteiger partial charge in [-0.15, -0.1) is 0 Å². The molecule has 1 aromatic carbocycles. The average Bonchev–Trinajstić information content (AvgIpc) is 2.78. The number of ether oxygens (including phenoxy) is 1. The lowest BCUT2D eigenvalue weighted by atomic mass is 9.89. The van der Waals surface area contributed by atoms with Crippen LogP contribution < -0.4 is 10.1 Å². The Morgan fingerprint density at radius 3 is 2.69 bits per heavy atom. The molecule has 0 saturated carbocycles. The third kappa shape index (κ3) is 2.36. The Balaban J connectivity index is 2.08. The molecule has 1 fully saturated rings. The Morgan fingerprint density at radius 2 is 2.06 bits per heavy atom. The molecule has 2 atom stereocenters. The number of aliphatic hydroxyl groups excluding tert-OH is 1. The molecule has 88 valence electrons. The minimum atomic E-state index is 0.255. The Hall–Kier alpha value is -1.06. The quantitative estimate of drug-likeness (QED) is 0.807. The second kappa shape index (κ2) is 5.32. The van der Waals surface area contributed by atoms with Crippen LogP contribution in [0.25, 0.3) is 0 Å². The molecular weight excluding hydrogens is 202 g/mol. The third-order valence-corrected chi connectivity index (χ3v) is 3.19. The molecule has 1 heterocycles. The number of hydrogen-bond donors (Lipinski definition) is 2. The van der Waals surface area contributed by atoms with Gasteiger partial charge in [0.1, 0.15) is 5.75 Å². The van der Waals surface area contributed by atoms with Crippen LogP contribution in [-0.4, -0.2) is 31.4 Å². The van der Waals surface area contributed by atoms with Crippen molar-refractivity contribution < 1.29 is 9.84 Å². The van der Waals surface area contributed by atoms with Gasteiger partial charge in [-0.3, -0.25) is 0 Å². The van der Waals surface area contributed by atoms with Crippen LogP contribution in [0.4, 0.5) is 0 Å². The van der Waals surface area contributed by atoms with Crippen LogP contribution in [0.15, 0.2) is 24.3 Å². The summed E-state index contributed by atoms with van der Waals surface area (Å²) in [5.41, 5.74) is 1.28. The van der Waals surface area contributed by atoms with Crippen molar-refractivity contribution in [2.75, 3.05) is 26.3 Å². The summed E-state index contributed by atoms with van der Waals surface area (Å²) in [5.74, 6) is 1.69. The van der Waals surface area contributed by atoms with Crippen LogP contribution in [-0.2, 0) is 0 Å². The van der Waals surface area contributed by atoms with Crippen molar-refractivity contribution in [3.63, 3.8) is 0 Å². The predicted molar refractivity (Wildman–Crippen MR) is 63.8 cm³/mol. The van der Waals surface area contributed by atoms with Crippen LogP contribution in [0.3, 0.4) is 0 Å². The van der Waals surface area contributed by atoms with E-state index in [0.29, 0.717) is 18.4 Å². The zero-order valence-electron chi connectivity index (χ0n) is 9.65. The van der Waals surface area contributed by atoms with E-state index in [-0.39, 0.29) is 6.61 Å². The van der Waals surface area contributed by atoms with Crippen molar-refractivity contribution in [1.29, 1.82) is 0 Å². The molecule has 1 aliphatic rings. The highest BCUT2D eigenvalue weighted by Gasteiger charge is 2.27. The first kappa shape index (κ1) is 11.4. The first-order valence-electron chi connectivity index (χ1n) is 5.89. The molecule has 3 heteroatoms. The largest absolute Gasteiger partial charge is 0.494 e. The molecule has 2 N–H and O–H groups in total. The third-order valence-electron chi connectivity index (χ3n) is 3.19. The Labute approximate surface area is 96.4 Å². The van der Waals surface area contributed by atoms with Crippen LogP contribution >= 0.6 is 0 Å². The highest BCUT2D eigenvalue weighted by molar-refractivity contribution is 5.30. The van der Waals surface area contributed by atoms with Crippen LogP contribution in [0.2, 0.25) is 0 Å². The smallest absolute Gasteiger partial charge is 0.119 e. The SMILES string of the molecule is CCOc1ccc(C2CNCC2CO)cc1. The van der Waals surface area contributed by atoms with Gasteiger partial charge in [-0.25, -0.2) is 0 Å². The summed E-state index contributed by atoms with van der Waals surface area (Å²) in [7, 11) is 0. The van der Waals surface area contributed by atoms with Crippen LogP contribution in [0.5, 0.6) is 5.75 Å². The molecule has 0 aliphatic carbocycles. The molecule has 16 heavy (non-hydrogen) atoms. The number of rotatable bonds is 4. The first-order chi connectivity index (χ1) is 7.85. The van der Waals surface area contributed by atoms with Crippen molar-refractivity contribution in [2.45, 2.75) is 12.8 Å². The van der Waals surface area contributed by atoms with Gasteiger partial charge in [0.15, 0.2) is 0 Å². The fourth-order valence-electron chi connectivity index (χ4n) is 2.29. The molecule has 0 spiro atoms. The molecule has 1 aliphatic heterocycles. The summed E-state index contributed by atoms with van der Waals surface area (Å²) in [6, 6.07) is 8.22. The lowest BCUT2D eigenvalue weighted by Crippen LogP contribution is -2.14. The molecule has 0 radical (unpaired) electrons. The average molecular weight is 221 g/mol. The van der Waals surface area contributed by atoms with Crippen LogP contribution in [0, 0.1) is 5.92 Å². The van der Waals surface area contributed by atoms with E-state index in [0.717, 1.165) is 18.8 Å². The monoisotopic (exact) mass is 221 g/mol. The van der Waals surface area contributed by atoms with E-state index in [9.17, 15) is 5.11 Å². The van der Waals surface area contributed by atoms with Crippen molar-refractivity contribution >= 4 is 0 Å². The number of aliphatic hydroxyl groups is 1. The summed E-state index contributed by atoms with van der Waals surface area (Å²) in [4.78, 5) is 0. The van der Waals surface area contributed by atoms with E-state index in [1.165, 1.54) is 5.56 Å². The van der Waals surface area contributed by atoms with Gasteiger partial charge in [-0.05, 0) is 24.6 Å². The van der Waals surface area contributed by atoms with Gasteiger partial charge in [-0.1, -0.05) is 12.1 Å². The van der Waals surface area contributed by atoms with E-state index >= 15 is 0 Å². The number of benzene rings is 1. The maximum absolute atomic E-state index is 9.27. The Morgan fingerprint density at radius 1 is 1.31 bits per heavy atom. The van der Waals surface area contributed by atoms with Gasteiger partial charge in [0.25, 0.3) is 0 Å². The molecule has 3 nitrogen and oxygen atoms in total. The first-order valence-corrected chi connectivity index (χ1v) is 5.89. The molecule has 0 aromatic heterocycles. The normalized spacial score (nSPS) is 24.6. The second-order valence-electron chi connectivity index (χ2n) is 4.21. The summed E-state index contributed by atoms with van der Waals surface area (Å²) >= 11 is 0. The van der Waals surface area contributed by atoms with E-state index in [1.54, 1.807) is 0 Å². The van der Waals surface area contributed by atoms with E-state index < -0.39 is 0 Å². The second-order valence-corrected chi connectivity index (χ2v) is 4.21. The van der Waals surface area contributed by atoms with Crippen LogP contribution in [0.1, 0.15) is 18.4 Å². The van der Waals surface area contributed by atoms with Gasteiger partial charge >= 0.3 is 0 Å². The molecule has 1 aromatic rings. The van der Waals surface area contributed by atoms with E-state index in [2.05, 4.69) is 17.4 Å². The molecule has 1 saturated heterocycles. The minimum Gasteiger partial charge on any atom is -0.494 e. The number of hydrogen-bond acceptors (Lipinski definition) is 3. The zero-order chi connectivity index (χ0) is 11.4. The molecule has 0 bridgehead atoms. The fraction of sp³-hybridized carbons (Fsp3) is 0.538. The lowest BCUT2D eigenvalue weighted by Gasteiger charge is -2.16.